The van der Waals surface area contributed by atoms with E-state index in [9.17, 15) is 4.79 Å². The summed E-state index contributed by atoms with van der Waals surface area (Å²) in [7, 11) is 1.60. The number of methoxy groups -OCH3 is 1. The molecule has 1 heterocycles. The average Bonchev–Trinajstić information content (AvgIpc) is 2.85. The Balaban J connectivity index is 1.84. The minimum Gasteiger partial charge on any atom is -0.497 e. The van der Waals surface area contributed by atoms with Crippen LogP contribution in [0.5, 0.6) is 5.75 Å². The molecule has 0 aliphatic rings. The van der Waals surface area contributed by atoms with Crippen LogP contribution in [-0.2, 0) is 11.2 Å². The lowest BCUT2D eigenvalue weighted by Gasteiger charge is -2.02. The summed E-state index contributed by atoms with van der Waals surface area (Å²) in [6.45, 7) is 0. The smallest absolute Gasteiger partial charge is 0.244 e. The lowest BCUT2D eigenvalue weighted by molar-refractivity contribution is -0.120. The number of halogens is 1. The Morgan fingerprint density at radius 1 is 1.35 bits per heavy atom. The Bertz CT molecular complexity index is 605. The van der Waals surface area contributed by atoms with E-state index >= 15 is 0 Å². The highest BCUT2D eigenvalue weighted by molar-refractivity contribution is 9.10. The van der Waals surface area contributed by atoms with Crippen molar-refractivity contribution in [3.63, 3.8) is 0 Å². The molecule has 0 aliphatic carbocycles. The van der Waals surface area contributed by atoms with E-state index in [0.717, 1.165) is 11.3 Å². The molecule has 1 amide bonds. The van der Waals surface area contributed by atoms with Crippen LogP contribution in [0.15, 0.2) is 50.6 Å². The van der Waals surface area contributed by atoms with Gasteiger partial charge in [0.15, 0.2) is 4.67 Å². The topological polar surface area (TPSA) is 63.8 Å². The van der Waals surface area contributed by atoms with E-state index in [1.165, 1.54) is 6.21 Å². The van der Waals surface area contributed by atoms with Gasteiger partial charge in [-0.15, -0.1) is 0 Å². The number of ether oxygens (including phenoxy) is 1. The van der Waals surface area contributed by atoms with E-state index in [-0.39, 0.29) is 12.3 Å². The number of rotatable bonds is 5. The number of carbonyl (C=O) groups is 1. The van der Waals surface area contributed by atoms with Crippen LogP contribution in [0.25, 0.3) is 0 Å². The third-order valence-corrected chi connectivity index (χ3v) is 2.92. The molecule has 0 radical (unpaired) electrons. The minimum absolute atomic E-state index is 0.197. The standard InChI is InChI=1S/C14H13BrN2O3/c1-19-11-4-2-10(3-5-11)8-14(18)17-16-9-12-6-7-13(15)20-12/h2-7,9H,8H2,1H3,(H,17,18). The van der Waals surface area contributed by atoms with Crippen LogP contribution in [0.4, 0.5) is 0 Å². The maximum absolute atomic E-state index is 11.7. The summed E-state index contributed by atoms with van der Waals surface area (Å²) in [4.78, 5) is 11.7. The first-order valence-corrected chi connectivity index (χ1v) is 6.67. The summed E-state index contributed by atoms with van der Waals surface area (Å²) in [5.41, 5.74) is 3.33. The molecule has 0 aliphatic heterocycles. The van der Waals surface area contributed by atoms with Crippen molar-refractivity contribution < 1.29 is 13.9 Å². The summed E-state index contributed by atoms with van der Waals surface area (Å²) in [5, 5.41) is 3.82. The molecule has 0 atom stereocenters. The van der Waals surface area contributed by atoms with Gasteiger partial charge in [-0.05, 0) is 45.8 Å². The lowest BCUT2D eigenvalue weighted by atomic mass is 10.1. The molecule has 0 spiro atoms. The Hall–Kier alpha value is -2.08. The zero-order chi connectivity index (χ0) is 14.4. The Labute approximate surface area is 124 Å². The summed E-state index contributed by atoms with van der Waals surface area (Å²) in [6, 6.07) is 10.8. The zero-order valence-corrected chi connectivity index (χ0v) is 12.4. The van der Waals surface area contributed by atoms with Crippen molar-refractivity contribution in [2.45, 2.75) is 6.42 Å². The summed E-state index contributed by atoms with van der Waals surface area (Å²) in [5.74, 6) is 1.12. The van der Waals surface area contributed by atoms with Crippen LogP contribution >= 0.6 is 15.9 Å². The van der Waals surface area contributed by atoms with E-state index in [0.29, 0.717) is 10.4 Å². The van der Waals surface area contributed by atoms with Crippen LogP contribution in [0, 0.1) is 0 Å². The molecule has 20 heavy (non-hydrogen) atoms. The average molecular weight is 337 g/mol. The van der Waals surface area contributed by atoms with Crippen LogP contribution in [0.3, 0.4) is 0 Å². The first kappa shape index (κ1) is 14.3. The van der Waals surface area contributed by atoms with E-state index in [1.54, 1.807) is 19.2 Å². The second-order valence-corrected chi connectivity index (χ2v) is 4.74. The van der Waals surface area contributed by atoms with Crippen LogP contribution < -0.4 is 10.2 Å². The van der Waals surface area contributed by atoms with Gasteiger partial charge in [0.1, 0.15) is 11.5 Å². The number of hydrogen-bond donors (Lipinski definition) is 1. The van der Waals surface area contributed by atoms with Crippen LogP contribution in [0.2, 0.25) is 0 Å². The summed E-state index contributed by atoms with van der Waals surface area (Å²) in [6.07, 6.45) is 1.69. The van der Waals surface area contributed by atoms with Gasteiger partial charge < -0.3 is 9.15 Å². The molecule has 2 rings (SSSR count). The van der Waals surface area contributed by atoms with Gasteiger partial charge in [0.25, 0.3) is 0 Å². The van der Waals surface area contributed by atoms with Crippen LogP contribution in [0.1, 0.15) is 11.3 Å². The highest BCUT2D eigenvalue weighted by Crippen LogP contribution is 2.12. The van der Waals surface area contributed by atoms with Crippen molar-refractivity contribution >= 4 is 28.1 Å². The second kappa shape index (κ2) is 6.91. The number of hydrogen-bond acceptors (Lipinski definition) is 4. The highest BCUT2D eigenvalue weighted by atomic mass is 79.9. The number of furan rings is 1. The molecule has 1 aromatic carbocycles. The molecule has 0 bridgehead atoms. The van der Waals surface area contributed by atoms with Crippen molar-refractivity contribution in [3.05, 3.63) is 52.4 Å². The van der Waals surface area contributed by atoms with Gasteiger partial charge in [-0.2, -0.15) is 5.10 Å². The van der Waals surface area contributed by atoms with Crippen molar-refractivity contribution in [3.8, 4) is 5.75 Å². The van der Waals surface area contributed by atoms with E-state index < -0.39 is 0 Å². The maximum atomic E-state index is 11.7. The fourth-order valence-corrected chi connectivity index (χ4v) is 1.85. The highest BCUT2D eigenvalue weighted by Gasteiger charge is 2.02. The van der Waals surface area contributed by atoms with Crippen molar-refractivity contribution in [1.29, 1.82) is 0 Å². The number of nitrogens with zero attached hydrogens (tertiary/aromatic N) is 1. The normalized spacial score (nSPS) is 10.7. The number of carbonyl (C=O) groups excluding carboxylic acids is 1. The Kier molecular flexibility index (Phi) is 4.95. The van der Waals surface area contributed by atoms with Gasteiger partial charge >= 0.3 is 0 Å². The maximum Gasteiger partial charge on any atom is 0.244 e. The molecule has 0 saturated carbocycles. The van der Waals surface area contributed by atoms with Crippen molar-refractivity contribution in [2.75, 3.05) is 7.11 Å². The summed E-state index contributed by atoms with van der Waals surface area (Å²) >= 11 is 3.18. The third kappa shape index (κ3) is 4.24. The SMILES string of the molecule is COc1ccc(CC(=O)NN=Cc2ccc(Br)o2)cc1. The predicted octanol–water partition coefficient (Wildman–Crippen LogP) is 2.74. The van der Waals surface area contributed by atoms with Crippen molar-refractivity contribution in [2.24, 2.45) is 5.10 Å². The van der Waals surface area contributed by atoms with E-state index in [2.05, 4.69) is 26.5 Å². The molecular formula is C14H13BrN2O3. The fraction of sp³-hybridized carbons (Fsp3) is 0.143. The van der Waals surface area contributed by atoms with Crippen LogP contribution in [-0.4, -0.2) is 19.2 Å². The first-order chi connectivity index (χ1) is 9.67. The number of hydrazone groups is 1. The first-order valence-electron chi connectivity index (χ1n) is 5.87. The number of amides is 1. The molecule has 2 aromatic rings. The van der Waals surface area contributed by atoms with Gasteiger partial charge in [-0.3, -0.25) is 4.79 Å². The summed E-state index contributed by atoms with van der Waals surface area (Å²) < 4.78 is 10.9. The van der Waals surface area contributed by atoms with Gasteiger partial charge in [-0.25, -0.2) is 5.43 Å². The minimum atomic E-state index is -0.197. The Morgan fingerprint density at radius 2 is 2.10 bits per heavy atom. The molecule has 0 fully saturated rings. The largest absolute Gasteiger partial charge is 0.497 e. The molecular weight excluding hydrogens is 324 g/mol. The van der Waals surface area contributed by atoms with Gasteiger partial charge in [0.05, 0.1) is 19.7 Å². The fourth-order valence-electron chi connectivity index (χ4n) is 1.53. The van der Waals surface area contributed by atoms with Gasteiger partial charge in [0, 0.05) is 0 Å². The molecule has 104 valence electrons. The predicted molar refractivity (Wildman–Crippen MR) is 78.8 cm³/mol. The molecule has 6 heteroatoms. The monoisotopic (exact) mass is 336 g/mol. The molecule has 5 nitrogen and oxygen atoms in total. The van der Waals surface area contributed by atoms with Gasteiger partial charge in [0.2, 0.25) is 5.91 Å². The Morgan fingerprint density at radius 3 is 2.70 bits per heavy atom. The molecule has 0 unspecified atom stereocenters. The molecule has 1 aromatic heterocycles. The van der Waals surface area contributed by atoms with E-state index in [1.807, 2.05) is 24.3 Å². The quantitative estimate of drug-likeness (QED) is 0.674. The zero-order valence-electron chi connectivity index (χ0n) is 10.8. The number of nitrogens with one attached hydrogen (secondary N) is 1. The molecule has 0 saturated heterocycles. The second-order valence-electron chi connectivity index (χ2n) is 3.96. The molecule has 1 N–H and O–H groups in total. The van der Waals surface area contributed by atoms with Crippen molar-refractivity contribution in [1.82, 2.24) is 5.43 Å². The third-order valence-electron chi connectivity index (χ3n) is 2.50. The number of benzene rings is 1. The van der Waals surface area contributed by atoms with Gasteiger partial charge in [-0.1, -0.05) is 12.1 Å². The lowest BCUT2D eigenvalue weighted by Crippen LogP contribution is -2.19. The van der Waals surface area contributed by atoms with E-state index in [4.69, 9.17) is 9.15 Å².